The summed E-state index contributed by atoms with van der Waals surface area (Å²) in [5.74, 6) is -0.456. The maximum atomic E-state index is 12.3. The van der Waals surface area contributed by atoms with Crippen LogP contribution in [0.4, 0.5) is 5.69 Å². The normalized spacial score (nSPS) is 10.5. The smallest absolute Gasteiger partial charge is 0.303 e. The average molecular weight is 397 g/mol. The lowest BCUT2D eigenvalue weighted by Gasteiger charge is -2.04. The number of amides is 1. The van der Waals surface area contributed by atoms with Crippen LogP contribution >= 0.6 is 11.3 Å². The van der Waals surface area contributed by atoms with Crippen LogP contribution in [0.1, 0.15) is 32.4 Å². The number of carbonyl (C=O) groups excluding carboxylic acids is 1. The summed E-state index contributed by atoms with van der Waals surface area (Å²) in [6.45, 7) is 2.25. The summed E-state index contributed by atoms with van der Waals surface area (Å²) in [6, 6.07) is 14.7. The predicted octanol–water partition coefficient (Wildman–Crippen LogP) is 3.70. The van der Waals surface area contributed by atoms with Crippen molar-refractivity contribution in [3.8, 4) is 5.75 Å². The number of carboxylic acid groups (broad SMARTS) is 1. The molecule has 3 rings (SSSR count). The second-order valence-electron chi connectivity index (χ2n) is 6.15. The number of rotatable bonds is 8. The number of aromatic nitrogens is 2. The van der Waals surface area contributed by atoms with Gasteiger partial charge in [0.15, 0.2) is 5.01 Å². The number of nitrogens with zero attached hydrogens (tertiary/aromatic N) is 2. The van der Waals surface area contributed by atoms with Gasteiger partial charge in [0.1, 0.15) is 12.4 Å². The molecule has 0 saturated carbocycles. The second-order valence-corrected chi connectivity index (χ2v) is 7.21. The SMILES string of the molecule is Cc1ccc(OCc2nnc(C(=O)Nc3ccc(CCC(=O)O)cc3)s2)cc1. The molecule has 144 valence electrons. The van der Waals surface area contributed by atoms with Gasteiger partial charge in [0.05, 0.1) is 0 Å². The predicted molar refractivity (Wildman–Crippen MR) is 106 cm³/mol. The van der Waals surface area contributed by atoms with Gasteiger partial charge in [-0.05, 0) is 43.2 Å². The van der Waals surface area contributed by atoms with Crippen LogP contribution in [0.5, 0.6) is 5.75 Å². The Morgan fingerprint density at radius 1 is 1.07 bits per heavy atom. The molecule has 8 heteroatoms. The Morgan fingerprint density at radius 3 is 2.46 bits per heavy atom. The zero-order valence-corrected chi connectivity index (χ0v) is 16.0. The van der Waals surface area contributed by atoms with Crippen LogP contribution in [0.15, 0.2) is 48.5 Å². The van der Waals surface area contributed by atoms with Crippen LogP contribution < -0.4 is 10.1 Å². The lowest BCUT2D eigenvalue weighted by Crippen LogP contribution is -2.11. The molecule has 2 N–H and O–H groups in total. The summed E-state index contributed by atoms with van der Waals surface area (Å²) in [6.07, 6.45) is 0.522. The van der Waals surface area contributed by atoms with E-state index in [1.54, 1.807) is 24.3 Å². The average Bonchev–Trinajstić information content (AvgIpc) is 3.16. The molecule has 0 aliphatic heterocycles. The van der Waals surface area contributed by atoms with Crippen LogP contribution in [-0.2, 0) is 17.8 Å². The highest BCUT2D eigenvalue weighted by atomic mass is 32.1. The first-order valence-electron chi connectivity index (χ1n) is 8.63. The second kappa shape index (κ2) is 9.09. The molecule has 0 bridgehead atoms. The van der Waals surface area contributed by atoms with Gasteiger partial charge in [-0.15, -0.1) is 10.2 Å². The topological polar surface area (TPSA) is 101 Å². The lowest BCUT2D eigenvalue weighted by atomic mass is 10.1. The monoisotopic (exact) mass is 397 g/mol. The lowest BCUT2D eigenvalue weighted by molar-refractivity contribution is -0.136. The van der Waals surface area contributed by atoms with Crippen LogP contribution in [-0.4, -0.2) is 27.2 Å². The van der Waals surface area contributed by atoms with E-state index in [9.17, 15) is 9.59 Å². The van der Waals surface area contributed by atoms with Gasteiger partial charge in [-0.1, -0.05) is 41.2 Å². The number of carbonyl (C=O) groups is 2. The minimum Gasteiger partial charge on any atom is -0.486 e. The fourth-order valence-corrected chi connectivity index (χ4v) is 3.02. The Balaban J connectivity index is 1.53. The molecule has 2 aromatic carbocycles. The molecule has 1 amide bonds. The number of ether oxygens (including phenoxy) is 1. The Morgan fingerprint density at radius 2 is 1.79 bits per heavy atom. The van der Waals surface area contributed by atoms with Crippen molar-refractivity contribution in [1.82, 2.24) is 10.2 Å². The number of hydrogen-bond donors (Lipinski definition) is 2. The Hall–Kier alpha value is -3.26. The van der Waals surface area contributed by atoms with Crippen LogP contribution in [0.2, 0.25) is 0 Å². The number of nitrogens with one attached hydrogen (secondary N) is 1. The molecule has 1 heterocycles. The summed E-state index contributed by atoms with van der Waals surface area (Å²) in [5.41, 5.74) is 2.65. The summed E-state index contributed by atoms with van der Waals surface area (Å²) in [7, 11) is 0. The molecule has 1 aromatic heterocycles. The first kappa shape index (κ1) is 19.5. The van der Waals surface area contributed by atoms with E-state index >= 15 is 0 Å². The van der Waals surface area contributed by atoms with Crippen molar-refractivity contribution in [1.29, 1.82) is 0 Å². The van der Waals surface area contributed by atoms with Crippen LogP contribution in [0, 0.1) is 6.92 Å². The number of carboxylic acids is 1. The van der Waals surface area contributed by atoms with E-state index in [1.807, 2.05) is 31.2 Å². The van der Waals surface area contributed by atoms with Crippen molar-refractivity contribution in [3.05, 3.63) is 69.7 Å². The van der Waals surface area contributed by atoms with E-state index in [0.717, 1.165) is 16.9 Å². The van der Waals surface area contributed by atoms with Crippen molar-refractivity contribution in [2.75, 3.05) is 5.32 Å². The standard InChI is InChI=1S/C20H19N3O4S/c1-13-2-9-16(10-3-13)27-12-17-22-23-20(28-17)19(26)21-15-7-4-14(5-8-15)6-11-18(24)25/h2-5,7-10H,6,11-12H2,1H3,(H,21,26)(H,24,25). The summed E-state index contributed by atoms with van der Waals surface area (Å²) in [4.78, 5) is 22.9. The van der Waals surface area contributed by atoms with E-state index in [1.165, 1.54) is 11.3 Å². The quantitative estimate of drug-likeness (QED) is 0.601. The van der Waals surface area contributed by atoms with Gasteiger partial charge >= 0.3 is 5.97 Å². The van der Waals surface area contributed by atoms with Gasteiger partial charge in [-0.3, -0.25) is 9.59 Å². The third-order valence-electron chi connectivity index (χ3n) is 3.88. The van der Waals surface area contributed by atoms with Crippen molar-refractivity contribution < 1.29 is 19.4 Å². The van der Waals surface area contributed by atoms with Gasteiger partial charge in [0, 0.05) is 12.1 Å². The molecule has 0 unspecified atom stereocenters. The van der Waals surface area contributed by atoms with Gasteiger partial charge in [-0.25, -0.2) is 0 Å². The van der Waals surface area contributed by atoms with E-state index in [-0.39, 0.29) is 23.9 Å². The molecule has 0 aliphatic rings. The zero-order chi connectivity index (χ0) is 19.9. The van der Waals surface area contributed by atoms with E-state index in [2.05, 4.69) is 15.5 Å². The summed E-state index contributed by atoms with van der Waals surface area (Å²) in [5, 5.41) is 20.2. The van der Waals surface area contributed by atoms with Crippen molar-refractivity contribution >= 4 is 28.9 Å². The van der Waals surface area contributed by atoms with Crippen LogP contribution in [0.3, 0.4) is 0 Å². The van der Waals surface area contributed by atoms with Gasteiger partial charge in [0.2, 0.25) is 5.01 Å². The Bertz CT molecular complexity index is 952. The highest BCUT2D eigenvalue weighted by Gasteiger charge is 2.13. The number of benzene rings is 2. The molecule has 0 atom stereocenters. The summed E-state index contributed by atoms with van der Waals surface area (Å²) < 4.78 is 5.65. The number of anilines is 1. The highest BCUT2D eigenvalue weighted by molar-refractivity contribution is 7.13. The third-order valence-corrected chi connectivity index (χ3v) is 4.78. The zero-order valence-electron chi connectivity index (χ0n) is 15.2. The number of hydrogen-bond acceptors (Lipinski definition) is 6. The van der Waals surface area contributed by atoms with Gasteiger partial charge in [0.25, 0.3) is 5.91 Å². The van der Waals surface area contributed by atoms with E-state index in [4.69, 9.17) is 9.84 Å². The molecular formula is C20H19N3O4S. The fraction of sp³-hybridized carbons (Fsp3) is 0.200. The molecule has 0 aliphatic carbocycles. The fourth-order valence-electron chi connectivity index (χ4n) is 2.37. The first-order chi connectivity index (χ1) is 13.5. The van der Waals surface area contributed by atoms with Crippen molar-refractivity contribution in [2.45, 2.75) is 26.4 Å². The minimum absolute atomic E-state index is 0.0733. The minimum atomic E-state index is -0.837. The molecule has 28 heavy (non-hydrogen) atoms. The maximum absolute atomic E-state index is 12.3. The maximum Gasteiger partial charge on any atom is 0.303 e. The van der Waals surface area contributed by atoms with E-state index in [0.29, 0.717) is 17.1 Å². The van der Waals surface area contributed by atoms with Crippen molar-refractivity contribution in [3.63, 3.8) is 0 Å². The van der Waals surface area contributed by atoms with Crippen molar-refractivity contribution in [2.24, 2.45) is 0 Å². The molecule has 0 spiro atoms. The summed E-state index contributed by atoms with van der Waals surface area (Å²) >= 11 is 1.17. The van der Waals surface area contributed by atoms with Crippen LogP contribution in [0.25, 0.3) is 0 Å². The first-order valence-corrected chi connectivity index (χ1v) is 9.45. The van der Waals surface area contributed by atoms with Gasteiger partial charge < -0.3 is 15.2 Å². The number of aliphatic carboxylic acids is 1. The van der Waals surface area contributed by atoms with Gasteiger partial charge in [-0.2, -0.15) is 0 Å². The molecule has 0 fully saturated rings. The largest absolute Gasteiger partial charge is 0.486 e. The molecule has 0 radical (unpaired) electrons. The molecule has 3 aromatic rings. The molecule has 7 nitrogen and oxygen atoms in total. The molecule has 0 saturated heterocycles. The Labute approximate surface area is 166 Å². The molecular weight excluding hydrogens is 378 g/mol. The number of aryl methyl sites for hydroxylation is 2. The van der Waals surface area contributed by atoms with E-state index < -0.39 is 5.97 Å². The third kappa shape index (κ3) is 5.62. The Kier molecular flexibility index (Phi) is 6.33. The highest BCUT2D eigenvalue weighted by Crippen LogP contribution is 2.18.